The molecule has 0 radical (unpaired) electrons. The van der Waals surface area contributed by atoms with Crippen molar-refractivity contribution in [3.05, 3.63) is 17.5 Å². The van der Waals surface area contributed by atoms with Gasteiger partial charge in [-0.05, 0) is 26.2 Å². The zero-order valence-corrected chi connectivity index (χ0v) is 11.4. The Balaban J connectivity index is 2.71. The number of hydrogen-bond acceptors (Lipinski definition) is 2. The van der Waals surface area contributed by atoms with Gasteiger partial charge in [0.1, 0.15) is 0 Å². The van der Waals surface area contributed by atoms with Gasteiger partial charge >= 0.3 is 0 Å². The molecule has 92 valence electrons. The van der Waals surface area contributed by atoms with Crippen molar-refractivity contribution in [2.24, 2.45) is 13.0 Å². The van der Waals surface area contributed by atoms with Crippen LogP contribution in [0.5, 0.6) is 0 Å². The van der Waals surface area contributed by atoms with Crippen molar-refractivity contribution < 1.29 is 0 Å². The molecule has 0 bridgehead atoms. The molecule has 0 amide bonds. The summed E-state index contributed by atoms with van der Waals surface area (Å²) in [6.45, 7) is 11.1. The second kappa shape index (κ2) is 5.48. The van der Waals surface area contributed by atoms with Gasteiger partial charge in [-0.15, -0.1) is 0 Å². The van der Waals surface area contributed by atoms with E-state index in [1.807, 2.05) is 17.9 Å². The molecule has 1 aromatic heterocycles. The molecule has 16 heavy (non-hydrogen) atoms. The van der Waals surface area contributed by atoms with Crippen LogP contribution in [0.1, 0.15) is 51.4 Å². The Bertz CT molecular complexity index is 328. The predicted molar refractivity (Wildman–Crippen MR) is 68.4 cm³/mol. The van der Waals surface area contributed by atoms with Gasteiger partial charge in [0.2, 0.25) is 0 Å². The van der Waals surface area contributed by atoms with Crippen LogP contribution in [-0.2, 0) is 7.05 Å². The molecule has 3 heteroatoms. The van der Waals surface area contributed by atoms with E-state index in [2.05, 4.69) is 45.0 Å². The summed E-state index contributed by atoms with van der Waals surface area (Å²) in [5.41, 5.74) is 2.56. The van der Waals surface area contributed by atoms with Gasteiger partial charge in [-0.2, -0.15) is 5.10 Å². The minimum Gasteiger partial charge on any atom is -0.307 e. The molecular weight excluding hydrogens is 198 g/mol. The highest BCUT2D eigenvalue weighted by Crippen LogP contribution is 2.18. The Morgan fingerprint density at radius 1 is 1.38 bits per heavy atom. The summed E-state index contributed by atoms with van der Waals surface area (Å²) in [5.74, 6) is 0.671. The topological polar surface area (TPSA) is 29.9 Å². The minimum absolute atomic E-state index is 0.376. The maximum atomic E-state index is 4.29. The van der Waals surface area contributed by atoms with Crippen LogP contribution in [0.15, 0.2) is 6.20 Å². The highest BCUT2D eigenvalue weighted by atomic mass is 15.3. The van der Waals surface area contributed by atoms with Gasteiger partial charge in [-0.1, -0.05) is 20.8 Å². The Hall–Kier alpha value is -0.830. The van der Waals surface area contributed by atoms with Crippen molar-refractivity contribution >= 4 is 0 Å². The monoisotopic (exact) mass is 223 g/mol. The lowest BCUT2D eigenvalue weighted by Gasteiger charge is -2.25. The molecule has 0 aliphatic heterocycles. The number of nitrogens with one attached hydrogen (secondary N) is 1. The van der Waals surface area contributed by atoms with Crippen molar-refractivity contribution in [3.63, 3.8) is 0 Å². The quantitative estimate of drug-likeness (QED) is 0.832. The molecular formula is C13H25N3. The van der Waals surface area contributed by atoms with Crippen molar-refractivity contribution in [2.45, 2.75) is 53.1 Å². The molecule has 0 saturated carbocycles. The Morgan fingerprint density at radius 2 is 2.00 bits per heavy atom. The van der Waals surface area contributed by atoms with E-state index in [4.69, 9.17) is 0 Å². The Labute approximate surface area is 99.2 Å². The molecule has 3 nitrogen and oxygen atoms in total. The Morgan fingerprint density at radius 3 is 2.38 bits per heavy atom. The van der Waals surface area contributed by atoms with Crippen LogP contribution >= 0.6 is 0 Å². The van der Waals surface area contributed by atoms with Crippen molar-refractivity contribution in [3.8, 4) is 0 Å². The number of hydrogen-bond donors (Lipinski definition) is 1. The fraction of sp³-hybridized carbons (Fsp3) is 0.769. The highest BCUT2D eigenvalue weighted by Gasteiger charge is 2.17. The van der Waals surface area contributed by atoms with Gasteiger partial charge in [0.05, 0.1) is 6.20 Å². The van der Waals surface area contributed by atoms with Crippen LogP contribution in [0.25, 0.3) is 0 Å². The average Bonchev–Trinajstić information content (AvgIpc) is 2.55. The number of rotatable bonds is 5. The third-order valence-electron chi connectivity index (χ3n) is 3.45. The lowest BCUT2D eigenvalue weighted by Crippen LogP contribution is -2.35. The summed E-state index contributed by atoms with van der Waals surface area (Å²) in [6.07, 6.45) is 3.14. The molecule has 0 aliphatic carbocycles. The minimum atomic E-state index is 0.376. The van der Waals surface area contributed by atoms with E-state index in [0.717, 1.165) is 0 Å². The summed E-state index contributed by atoms with van der Waals surface area (Å²) in [7, 11) is 1.99. The fourth-order valence-corrected chi connectivity index (χ4v) is 2.13. The molecule has 0 aliphatic rings. The van der Waals surface area contributed by atoms with Crippen molar-refractivity contribution in [1.82, 2.24) is 15.1 Å². The summed E-state index contributed by atoms with van der Waals surface area (Å²) in [5, 5.41) is 7.98. The summed E-state index contributed by atoms with van der Waals surface area (Å²) in [4.78, 5) is 0. The first-order valence-electron chi connectivity index (χ1n) is 6.21. The van der Waals surface area contributed by atoms with Gasteiger partial charge in [0.25, 0.3) is 0 Å². The molecule has 1 rings (SSSR count). The third-order valence-corrected chi connectivity index (χ3v) is 3.45. The van der Waals surface area contributed by atoms with E-state index in [-0.39, 0.29) is 0 Å². The molecule has 0 saturated heterocycles. The molecule has 1 N–H and O–H groups in total. The van der Waals surface area contributed by atoms with Gasteiger partial charge in [-0.3, -0.25) is 4.68 Å². The van der Waals surface area contributed by atoms with E-state index in [9.17, 15) is 0 Å². The normalized spacial score (nSPS) is 15.4. The largest absolute Gasteiger partial charge is 0.307 e. The van der Waals surface area contributed by atoms with Gasteiger partial charge in [0, 0.05) is 30.4 Å². The summed E-state index contributed by atoms with van der Waals surface area (Å²) < 4.78 is 1.93. The lowest BCUT2D eigenvalue weighted by atomic mass is 9.99. The number of nitrogens with zero attached hydrogens (tertiary/aromatic N) is 2. The molecule has 1 heterocycles. The van der Waals surface area contributed by atoms with Gasteiger partial charge in [-0.25, -0.2) is 0 Å². The highest BCUT2D eigenvalue weighted by molar-refractivity contribution is 5.19. The van der Waals surface area contributed by atoms with Crippen LogP contribution in [-0.4, -0.2) is 15.8 Å². The van der Waals surface area contributed by atoms with Crippen LogP contribution in [0, 0.1) is 12.8 Å². The third kappa shape index (κ3) is 2.85. The SMILES string of the molecule is CCC(NC(C)c1cnn(C)c1C)C(C)C. The molecule has 2 atom stereocenters. The standard InChI is InChI=1S/C13H25N3/c1-7-13(9(2)3)15-10(4)12-8-14-16(6)11(12)5/h8-10,13,15H,7H2,1-6H3. The van der Waals surface area contributed by atoms with Gasteiger partial charge in [0.15, 0.2) is 0 Å². The van der Waals surface area contributed by atoms with Crippen LogP contribution < -0.4 is 5.32 Å². The second-order valence-corrected chi connectivity index (χ2v) is 4.96. The Kier molecular flexibility index (Phi) is 4.54. The van der Waals surface area contributed by atoms with Crippen LogP contribution in [0.2, 0.25) is 0 Å². The summed E-state index contributed by atoms with van der Waals surface area (Å²) in [6, 6.07) is 0.954. The first-order chi connectivity index (χ1) is 7.47. The molecule has 0 spiro atoms. The average molecular weight is 223 g/mol. The van der Waals surface area contributed by atoms with Crippen LogP contribution in [0.3, 0.4) is 0 Å². The molecule has 0 fully saturated rings. The van der Waals surface area contributed by atoms with E-state index in [0.29, 0.717) is 18.0 Å². The smallest absolute Gasteiger partial charge is 0.0540 e. The van der Waals surface area contributed by atoms with E-state index in [1.165, 1.54) is 17.7 Å². The number of aromatic nitrogens is 2. The van der Waals surface area contributed by atoms with Crippen molar-refractivity contribution in [1.29, 1.82) is 0 Å². The molecule has 0 aromatic carbocycles. The molecule has 2 unspecified atom stereocenters. The van der Waals surface area contributed by atoms with E-state index in [1.54, 1.807) is 0 Å². The van der Waals surface area contributed by atoms with Gasteiger partial charge < -0.3 is 5.32 Å². The molecule has 1 aromatic rings. The van der Waals surface area contributed by atoms with E-state index >= 15 is 0 Å². The lowest BCUT2D eigenvalue weighted by molar-refractivity contribution is 0.355. The maximum absolute atomic E-state index is 4.29. The second-order valence-electron chi connectivity index (χ2n) is 4.96. The zero-order valence-electron chi connectivity index (χ0n) is 11.4. The zero-order chi connectivity index (χ0) is 12.3. The fourth-order valence-electron chi connectivity index (χ4n) is 2.13. The number of aryl methyl sites for hydroxylation is 1. The maximum Gasteiger partial charge on any atom is 0.0540 e. The summed E-state index contributed by atoms with van der Waals surface area (Å²) >= 11 is 0. The van der Waals surface area contributed by atoms with Crippen molar-refractivity contribution in [2.75, 3.05) is 0 Å². The van der Waals surface area contributed by atoms with E-state index < -0.39 is 0 Å². The first-order valence-corrected chi connectivity index (χ1v) is 6.21. The predicted octanol–water partition coefficient (Wildman–Crippen LogP) is 2.81. The first kappa shape index (κ1) is 13.2. The van der Waals surface area contributed by atoms with Crippen LogP contribution in [0.4, 0.5) is 0 Å².